The van der Waals surface area contributed by atoms with Crippen molar-refractivity contribution in [3.05, 3.63) is 28.5 Å². The summed E-state index contributed by atoms with van der Waals surface area (Å²) in [7, 11) is 0. The van der Waals surface area contributed by atoms with E-state index in [0.717, 1.165) is 12.8 Å². The summed E-state index contributed by atoms with van der Waals surface area (Å²) < 4.78 is 5.10. The quantitative estimate of drug-likeness (QED) is 0.508. The van der Waals surface area contributed by atoms with Crippen LogP contribution in [0.1, 0.15) is 50.3 Å². The van der Waals surface area contributed by atoms with Crippen LogP contribution in [-0.4, -0.2) is 28.1 Å². The lowest BCUT2D eigenvalue weighted by atomic mass is 10.0. The van der Waals surface area contributed by atoms with Crippen molar-refractivity contribution in [1.82, 2.24) is 4.98 Å². The number of aromatic nitrogens is 1. The van der Waals surface area contributed by atoms with E-state index in [0.29, 0.717) is 17.9 Å². The second-order valence-corrected chi connectivity index (χ2v) is 5.97. The van der Waals surface area contributed by atoms with E-state index in [1.807, 2.05) is 6.92 Å². The van der Waals surface area contributed by atoms with Crippen LogP contribution < -0.4 is 0 Å². The highest BCUT2D eigenvalue weighted by molar-refractivity contribution is 6.32. The Labute approximate surface area is 140 Å². The molecule has 1 fully saturated rings. The van der Waals surface area contributed by atoms with Crippen molar-refractivity contribution in [2.24, 2.45) is 5.92 Å². The zero-order chi connectivity index (χ0) is 17.0. The summed E-state index contributed by atoms with van der Waals surface area (Å²) in [6, 6.07) is 1.53. The van der Waals surface area contributed by atoms with Crippen molar-refractivity contribution in [2.75, 3.05) is 0 Å². The largest absolute Gasteiger partial charge is 0.480 e. The molecule has 1 aromatic rings. The molecule has 0 aromatic carbocycles. The molecule has 2 unspecified atom stereocenters. The third-order valence-electron chi connectivity index (χ3n) is 3.52. The summed E-state index contributed by atoms with van der Waals surface area (Å²) in [6.45, 7) is 3.54. The minimum atomic E-state index is -1.54. The van der Waals surface area contributed by atoms with Crippen molar-refractivity contribution in [2.45, 2.75) is 45.1 Å². The van der Waals surface area contributed by atoms with Gasteiger partial charge in [0.1, 0.15) is 0 Å². The minimum Gasteiger partial charge on any atom is -0.480 e. The fourth-order valence-electron chi connectivity index (χ4n) is 1.82. The first-order valence-electron chi connectivity index (χ1n) is 7.52. The number of rotatable bonds is 5. The van der Waals surface area contributed by atoms with Crippen molar-refractivity contribution in [1.29, 1.82) is 0 Å². The molecule has 0 aliphatic heterocycles. The van der Waals surface area contributed by atoms with Crippen LogP contribution in [0.3, 0.4) is 0 Å². The van der Waals surface area contributed by atoms with Crippen LogP contribution >= 0.6 is 11.6 Å². The van der Waals surface area contributed by atoms with Gasteiger partial charge in [-0.25, -0.2) is 0 Å². The summed E-state index contributed by atoms with van der Waals surface area (Å²) in [6.07, 6.45) is 3.87. The summed E-state index contributed by atoms with van der Waals surface area (Å²) in [5.74, 6) is 2.71. The van der Waals surface area contributed by atoms with Gasteiger partial charge in [0.05, 0.1) is 16.8 Å². The molecule has 1 aromatic heterocycles. The molecular weight excluding hydrogens is 318 g/mol. The first-order valence-corrected chi connectivity index (χ1v) is 7.90. The van der Waals surface area contributed by atoms with Crippen LogP contribution in [0.4, 0.5) is 0 Å². The predicted molar refractivity (Wildman–Crippen MR) is 85.1 cm³/mol. The number of carbonyl (C=O) groups excluding carboxylic acids is 1. The van der Waals surface area contributed by atoms with Crippen molar-refractivity contribution in [3.8, 4) is 11.8 Å². The molecular formula is C17H18ClNO4. The van der Waals surface area contributed by atoms with Gasteiger partial charge in [-0.05, 0) is 32.3 Å². The van der Waals surface area contributed by atoms with Crippen LogP contribution in [0, 0.1) is 17.8 Å². The minimum absolute atomic E-state index is 0.0237. The Bertz CT molecular complexity index is 673. The van der Waals surface area contributed by atoms with Crippen LogP contribution in [0.15, 0.2) is 12.3 Å². The molecule has 1 heterocycles. The monoisotopic (exact) mass is 335 g/mol. The van der Waals surface area contributed by atoms with E-state index in [2.05, 4.69) is 16.8 Å². The lowest BCUT2D eigenvalue weighted by molar-refractivity contribution is -0.157. The van der Waals surface area contributed by atoms with Crippen molar-refractivity contribution >= 4 is 23.5 Å². The maximum Gasteiger partial charge on any atom is 0.326 e. The molecule has 0 spiro atoms. The topological polar surface area (TPSA) is 76.5 Å². The summed E-state index contributed by atoms with van der Waals surface area (Å²) in [5.41, 5.74) is 0.578. The molecule has 1 aliphatic rings. The number of carboxylic acids is 1. The Morgan fingerprint density at radius 3 is 2.74 bits per heavy atom. The summed E-state index contributed by atoms with van der Waals surface area (Å²) in [5, 5.41) is 9.43. The van der Waals surface area contributed by atoms with E-state index in [4.69, 9.17) is 16.3 Å². The Kier molecular flexibility index (Phi) is 5.62. The number of carboxylic acid groups (broad SMARTS) is 1. The highest BCUT2D eigenvalue weighted by atomic mass is 35.5. The summed E-state index contributed by atoms with van der Waals surface area (Å²) in [4.78, 5) is 27.6. The third kappa shape index (κ3) is 4.70. The number of esters is 1. The molecule has 1 aliphatic carbocycles. The molecule has 2 rings (SSSR count). The Hall–Kier alpha value is -2.06. The molecule has 122 valence electrons. The molecule has 0 radical (unpaired) electrons. The molecule has 5 nitrogen and oxygen atoms in total. The standard InChI is InChI=1S/C17H18ClNO4/c1-3-10(2)23-17(22)14(16(20)21)15-13(18)8-12(9-19-15)7-6-11-4-5-11/h8-11,14H,3-5H2,1-2H3,(H,20,21). The number of halogens is 1. The van der Waals surface area contributed by atoms with E-state index >= 15 is 0 Å². The van der Waals surface area contributed by atoms with Crippen molar-refractivity contribution in [3.63, 3.8) is 0 Å². The molecule has 0 saturated heterocycles. The number of hydrogen-bond acceptors (Lipinski definition) is 4. The summed E-state index contributed by atoms with van der Waals surface area (Å²) >= 11 is 6.11. The Morgan fingerprint density at radius 2 is 2.22 bits per heavy atom. The van der Waals surface area contributed by atoms with Crippen LogP contribution in [0.5, 0.6) is 0 Å². The fourth-order valence-corrected chi connectivity index (χ4v) is 2.10. The van der Waals surface area contributed by atoms with Crippen LogP contribution in [0.25, 0.3) is 0 Å². The van der Waals surface area contributed by atoms with Crippen molar-refractivity contribution < 1.29 is 19.4 Å². The fraction of sp³-hybridized carbons (Fsp3) is 0.471. The first kappa shape index (κ1) is 17.3. The molecule has 6 heteroatoms. The van der Waals surface area contributed by atoms with E-state index in [-0.39, 0.29) is 16.8 Å². The maximum atomic E-state index is 12.1. The van der Waals surface area contributed by atoms with E-state index in [1.165, 1.54) is 12.3 Å². The number of carbonyl (C=O) groups is 2. The molecule has 0 bridgehead atoms. The number of nitrogens with zero attached hydrogens (tertiary/aromatic N) is 1. The van der Waals surface area contributed by atoms with Gasteiger partial charge in [-0.15, -0.1) is 0 Å². The third-order valence-corrected chi connectivity index (χ3v) is 3.82. The average molecular weight is 336 g/mol. The normalized spacial score (nSPS) is 16.0. The predicted octanol–water partition coefficient (Wildman–Crippen LogP) is 3.01. The molecule has 0 amide bonds. The lowest BCUT2D eigenvalue weighted by Crippen LogP contribution is -2.27. The SMILES string of the molecule is CCC(C)OC(=O)C(C(=O)O)c1ncc(C#CC2CC2)cc1Cl. The average Bonchev–Trinajstić information content (AvgIpc) is 3.31. The first-order chi connectivity index (χ1) is 10.9. The zero-order valence-corrected chi connectivity index (χ0v) is 13.8. The Balaban J connectivity index is 2.23. The highest BCUT2D eigenvalue weighted by Gasteiger charge is 2.34. The van der Waals surface area contributed by atoms with E-state index in [9.17, 15) is 14.7 Å². The van der Waals surface area contributed by atoms with Crippen LogP contribution in [0.2, 0.25) is 5.02 Å². The van der Waals surface area contributed by atoms with Gasteiger partial charge in [0, 0.05) is 17.7 Å². The van der Waals surface area contributed by atoms with Gasteiger partial charge < -0.3 is 9.84 Å². The molecule has 1 saturated carbocycles. The van der Waals surface area contributed by atoms with Gasteiger partial charge in [-0.3, -0.25) is 14.6 Å². The zero-order valence-electron chi connectivity index (χ0n) is 13.0. The highest BCUT2D eigenvalue weighted by Crippen LogP contribution is 2.28. The number of aliphatic carboxylic acids is 1. The number of pyridine rings is 1. The van der Waals surface area contributed by atoms with Gasteiger partial charge in [0.2, 0.25) is 0 Å². The van der Waals surface area contributed by atoms with E-state index in [1.54, 1.807) is 6.92 Å². The maximum absolute atomic E-state index is 12.1. The lowest BCUT2D eigenvalue weighted by Gasteiger charge is -2.16. The van der Waals surface area contributed by atoms with Gasteiger partial charge in [-0.1, -0.05) is 30.4 Å². The molecule has 2 atom stereocenters. The Morgan fingerprint density at radius 1 is 1.52 bits per heavy atom. The van der Waals surface area contributed by atoms with Gasteiger partial charge in [0.15, 0.2) is 5.92 Å². The second-order valence-electron chi connectivity index (χ2n) is 5.56. The smallest absolute Gasteiger partial charge is 0.326 e. The van der Waals surface area contributed by atoms with Crippen LogP contribution in [-0.2, 0) is 14.3 Å². The van der Waals surface area contributed by atoms with Gasteiger partial charge in [0.25, 0.3) is 0 Å². The molecule has 23 heavy (non-hydrogen) atoms. The van der Waals surface area contributed by atoms with Gasteiger partial charge in [-0.2, -0.15) is 0 Å². The number of ether oxygens (including phenoxy) is 1. The second kappa shape index (κ2) is 7.47. The molecule has 1 N–H and O–H groups in total. The van der Waals surface area contributed by atoms with E-state index < -0.39 is 17.9 Å². The van der Waals surface area contributed by atoms with Gasteiger partial charge >= 0.3 is 11.9 Å². The number of hydrogen-bond donors (Lipinski definition) is 1.